The number of alkyl halides is 3. The highest BCUT2D eigenvalue weighted by Gasteiger charge is 2.27. The molecular formula is C21H34F3IN4O3. The molecular weight excluding hydrogens is 540 g/mol. The van der Waals surface area contributed by atoms with Gasteiger partial charge in [0.15, 0.2) is 5.96 Å². The standard InChI is InChI=1S/C21H33F3N4O3.HI/c1-5-25-18(26-11-6-12-27-19(29)31-20(2,3)4)28-13-16-7-9-17(10-8-16)14-30-15-21(22,23)24;/h7-10H,5-6,11-15H2,1-4H3,(H,27,29)(H2,25,26,28);1H. The van der Waals surface area contributed by atoms with Gasteiger partial charge in [-0.15, -0.1) is 24.0 Å². The maximum Gasteiger partial charge on any atom is 0.411 e. The highest BCUT2D eigenvalue weighted by atomic mass is 127. The van der Waals surface area contributed by atoms with Crippen LogP contribution in [0.3, 0.4) is 0 Å². The number of hydrogen-bond acceptors (Lipinski definition) is 4. The minimum absolute atomic E-state index is 0. The summed E-state index contributed by atoms with van der Waals surface area (Å²) in [7, 11) is 0. The molecule has 1 rings (SSSR count). The summed E-state index contributed by atoms with van der Waals surface area (Å²) < 4.78 is 46.2. The summed E-state index contributed by atoms with van der Waals surface area (Å²) in [6.45, 7) is 8.21. The van der Waals surface area contributed by atoms with Crippen LogP contribution in [0.25, 0.3) is 0 Å². The first kappa shape index (κ1) is 30.2. The third-order valence-electron chi connectivity index (χ3n) is 3.64. The average Bonchev–Trinajstić information content (AvgIpc) is 2.64. The lowest BCUT2D eigenvalue weighted by molar-refractivity contribution is -0.176. The highest BCUT2D eigenvalue weighted by molar-refractivity contribution is 14.0. The molecule has 184 valence electrons. The van der Waals surface area contributed by atoms with Gasteiger partial charge in [-0.1, -0.05) is 24.3 Å². The van der Waals surface area contributed by atoms with Crippen LogP contribution in [0.15, 0.2) is 29.3 Å². The van der Waals surface area contributed by atoms with Crippen molar-refractivity contribution in [1.29, 1.82) is 0 Å². The van der Waals surface area contributed by atoms with Crippen LogP contribution < -0.4 is 16.0 Å². The first-order valence-electron chi connectivity index (χ1n) is 10.2. The van der Waals surface area contributed by atoms with Crippen LogP contribution in [0.2, 0.25) is 0 Å². The van der Waals surface area contributed by atoms with Gasteiger partial charge in [-0.05, 0) is 45.2 Å². The van der Waals surface area contributed by atoms with Crippen LogP contribution in [0.4, 0.5) is 18.0 Å². The molecule has 0 aromatic heterocycles. The zero-order valence-electron chi connectivity index (χ0n) is 19.0. The molecule has 0 aliphatic heterocycles. The second kappa shape index (κ2) is 15.1. The Morgan fingerprint density at radius 1 is 1.00 bits per heavy atom. The maximum atomic E-state index is 12.1. The van der Waals surface area contributed by atoms with Gasteiger partial charge in [0.1, 0.15) is 12.2 Å². The monoisotopic (exact) mass is 574 g/mol. The number of amides is 1. The average molecular weight is 574 g/mol. The second-order valence-electron chi connectivity index (χ2n) is 7.83. The van der Waals surface area contributed by atoms with E-state index in [2.05, 4.69) is 25.7 Å². The number of guanidine groups is 1. The van der Waals surface area contributed by atoms with Crippen molar-refractivity contribution >= 4 is 36.0 Å². The van der Waals surface area contributed by atoms with Gasteiger partial charge in [0.05, 0.1) is 13.2 Å². The molecule has 0 unspecified atom stereocenters. The van der Waals surface area contributed by atoms with Crippen molar-refractivity contribution in [1.82, 2.24) is 16.0 Å². The van der Waals surface area contributed by atoms with E-state index < -0.39 is 24.5 Å². The van der Waals surface area contributed by atoms with Gasteiger partial charge in [0, 0.05) is 19.6 Å². The van der Waals surface area contributed by atoms with Gasteiger partial charge < -0.3 is 25.4 Å². The molecule has 1 aromatic carbocycles. The minimum Gasteiger partial charge on any atom is -0.444 e. The zero-order chi connectivity index (χ0) is 23.3. The van der Waals surface area contributed by atoms with Gasteiger partial charge in [0.2, 0.25) is 0 Å². The molecule has 32 heavy (non-hydrogen) atoms. The number of benzene rings is 1. The lowest BCUT2D eigenvalue weighted by Crippen LogP contribution is -2.39. The fraction of sp³-hybridized carbons (Fsp3) is 0.619. The number of nitrogens with one attached hydrogen (secondary N) is 3. The first-order chi connectivity index (χ1) is 14.5. The molecule has 0 fully saturated rings. The fourth-order valence-electron chi connectivity index (χ4n) is 2.34. The van der Waals surface area contributed by atoms with Gasteiger partial charge in [-0.3, -0.25) is 0 Å². The number of halogens is 4. The highest BCUT2D eigenvalue weighted by Crippen LogP contribution is 2.16. The summed E-state index contributed by atoms with van der Waals surface area (Å²) in [5.74, 6) is 0.636. The number of carbonyl (C=O) groups excluding carboxylic acids is 1. The molecule has 11 heteroatoms. The Kier molecular flexibility index (Phi) is 14.3. The molecule has 0 saturated carbocycles. The number of alkyl carbamates (subject to hydrolysis) is 1. The van der Waals surface area contributed by atoms with E-state index in [9.17, 15) is 18.0 Å². The molecule has 0 atom stereocenters. The van der Waals surface area contributed by atoms with Crippen molar-refractivity contribution in [3.05, 3.63) is 35.4 Å². The van der Waals surface area contributed by atoms with Crippen LogP contribution >= 0.6 is 24.0 Å². The quantitative estimate of drug-likeness (QED) is 0.168. The Morgan fingerprint density at radius 3 is 2.16 bits per heavy atom. The van der Waals surface area contributed by atoms with Crippen molar-refractivity contribution in [2.24, 2.45) is 4.99 Å². The normalized spacial score (nSPS) is 12.0. The number of hydrogen-bond donors (Lipinski definition) is 3. The van der Waals surface area contributed by atoms with Crippen LogP contribution in [0.5, 0.6) is 0 Å². The molecule has 7 nitrogen and oxygen atoms in total. The molecule has 0 bridgehead atoms. The van der Waals surface area contributed by atoms with Crippen molar-refractivity contribution in [3.63, 3.8) is 0 Å². The zero-order valence-corrected chi connectivity index (χ0v) is 21.3. The van der Waals surface area contributed by atoms with E-state index in [0.717, 1.165) is 5.56 Å². The predicted molar refractivity (Wildman–Crippen MR) is 129 cm³/mol. The third-order valence-corrected chi connectivity index (χ3v) is 3.64. The number of ether oxygens (including phenoxy) is 2. The van der Waals surface area contributed by atoms with Crippen molar-refractivity contribution in [2.75, 3.05) is 26.2 Å². The lowest BCUT2D eigenvalue weighted by atomic mass is 10.1. The molecule has 3 N–H and O–H groups in total. The van der Waals surface area contributed by atoms with Crippen LogP contribution in [0, 0.1) is 0 Å². The number of aliphatic imine (C=N–C) groups is 1. The van der Waals surface area contributed by atoms with Gasteiger partial charge in [0.25, 0.3) is 0 Å². The van der Waals surface area contributed by atoms with Crippen LogP contribution in [-0.4, -0.2) is 50.1 Å². The fourth-order valence-corrected chi connectivity index (χ4v) is 2.34. The summed E-state index contributed by atoms with van der Waals surface area (Å²) in [5, 5.41) is 9.02. The molecule has 1 aromatic rings. The molecule has 0 radical (unpaired) electrons. The Balaban J connectivity index is 0.00000961. The van der Waals surface area contributed by atoms with Crippen molar-refractivity contribution in [3.8, 4) is 0 Å². The molecule has 0 aliphatic rings. The summed E-state index contributed by atoms with van der Waals surface area (Å²) in [5.41, 5.74) is 1.06. The van der Waals surface area contributed by atoms with Crippen LogP contribution in [0.1, 0.15) is 45.2 Å². The van der Waals surface area contributed by atoms with Crippen molar-refractivity contribution in [2.45, 2.75) is 59.0 Å². The predicted octanol–water partition coefficient (Wildman–Crippen LogP) is 4.35. The van der Waals surface area contributed by atoms with E-state index in [4.69, 9.17) is 4.74 Å². The Bertz CT molecular complexity index is 693. The van der Waals surface area contributed by atoms with E-state index in [-0.39, 0.29) is 30.6 Å². The SMILES string of the molecule is CCNC(=NCc1ccc(COCC(F)(F)F)cc1)NCCCNC(=O)OC(C)(C)C.I. The minimum atomic E-state index is -4.32. The molecule has 1 amide bonds. The largest absolute Gasteiger partial charge is 0.444 e. The number of nitrogens with zero attached hydrogens (tertiary/aromatic N) is 1. The summed E-state index contributed by atoms with van der Waals surface area (Å²) >= 11 is 0. The summed E-state index contributed by atoms with van der Waals surface area (Å²) in [6, 6.07) is 7.07. The van der Waals surface area contributed by atoms with Crippen LogP contribution in [-0.2, 0) is 22.6 Å². The van der Waals surface area contributed by atoms with Gasteiger partial charge in [-0.2, -0.15) is 13.2 Å². The Morgan fingerprint density at radius 2 is 1.59 bits per heavy atom. The first-order valence-corrected chi connectivity index (χ1v) is 10.2. The van der Waals surface area contributed by atoms with Crippen molar-refractivity contribution < 1.29 is 27.4 Å². The van der Waals surface area contributed by atoms with E-state index in [1.807, 2.05) is 39.8 Å². The Hall–Kier alpha value is -1.76. The Labute approximate surface area is 204 Å². The topological polar surface area (TPSA) is 84.0 Å². The molecule has 0 spiro atoms. The summed E-state index contributed by atoms with van der Waals surface area (Å²) in [4.78, 5) is 16.1. The van der Waals surface area contributed by atoms with E-state index in [1.54, 1.807) is 12.1 Å². The molecule has 0 heterocycles. The third kappa shape index (κ3) is 16.0. The number of carbonyl (C=O) groups is 1. The number of rotatable bonds is 10. The van der Waals surface area contributed by atoms with Gasteiger partial charge in [-0.25, -0.2) is 9.79 Å². The molecule has 0 saturated heterocycles. The lowest BCUT2D eigenvalue weighted by Gasteiger charge is -2.19. The second-order valence-corrected chi connectivity index (χ2v) is 7.83. The van der Waals surface area contributed by atoms with Gasteiger partial charge >= 0.3 is 12.3 Å². The maximum absolute atomic E-state index is 12.1. The molecule has 0 aliphatic carbocycles. The van der Waals surface area contributed by atoms with E-state index in [1.165, 1.54) is 0 Å². The summed E-state index contributed by atoms with van der Waals surface area (Å²) in [6.07, 6.45) is -4.08. The van der Waals surface area contributed by atoms with E-state index in [0.29, 0.717) is 44.1 Å². The van der Waals surface area contributed by atoms with E-state index >= 15 is 0 Å². The smallest absolute Gasteiger partial charge is 0.411 e.